The number of benzene rings is 1. The number of rotatable bonds is 3. The van der Waals surface area contributed by atoms with Gasteiger partial charge >= 0.3 is 5.97 Å². The van der Waals surface area contributed by atoms with Gasteiger partial charge in [-0.25, -0.2) is 0 Å². The third-order valence-corrected chi connectivity index (χ3v) is 2.23. The van der Waals surface area contributed by atoms with Crippen molar-refractivity contribution in [2.75, 3.05) is 7.11 Å². The molecular formula is C13H18O4. The number of hydrogen-bond acceptors (Lipinski definition) is 4. The number of aliphatic hydroxyl groups excluding tert-OH is 1. The van der Waals surface area contributed by atoms with Crippen LogP contribution < -0.4 is 9.47 Å². The van der Waals surface area contributed by atoms with Crippen LogP contribution in [0.25, 0.3) is 0 Å². The van der Waals surface area contributed by atoms with Gasteiger partial charge in [0.05, 0.1) is 19.1 Å². The first kappa shape index (κ1) is 13.5. The van der Waals surface area contributed by atoms with Gasteiger partial charge in [-0.1, -0.05) is 6.07 Å². The zero-order valence-electron chi connectivity index (χ0n) is 10.6. The van der Waals surface area contributed by atoms with E-state index in [0.717, 1.165) is 0 Å². The van der Waals surface area contributed by atoms with E-state index in [1.54, 1.807) is 39.0 Å². The molecule has 0 atom stereocenters. The fraction of sp³-hybridized carbons (Fsp3) is 0.462. The number of carbonyl (C=O) groups is 1. The third kappa shape index (κ3) is 3.46. The van der Waals surface area contributed by atoms with Crippen molar-refractivity contribution in [1.29, 1.82) is 0 Å². The molecule has 0 fully saturated rings. The monoisotopic (exact) mass is 238 g/mol. The molecule has 4 nitrogen and oxygen atoms in total. The molecule has 0 radical (unpaired) electrons. The first-order valence-corrected chi connectivity index (χ1v) is 5.38. The molecule has 0 heterocycles. The van der Waals surface area contributed by atoms with Crippen LogP contribution in [-0.4, -0.2) is 18.2 Å². The van der Waals surface area contributed by atoms with Crippen LogP contribution in [0.1, 0.15) is 26.3 Å². The van der Waals surface area contributed by atoms with Gasteiger partial charge < -0.3 is 14.6 Å². The van der Waals surface area contributed by atoms with Crippen molar-refractivity contribution in [2.24, 2.45) is 5.41 Å². The van der Waals surface area contributed by atoms with E-state index in [1.807, 2.05) is 0 Å². The fourth-order valence-electron chi connectivity index (χ4n) is 1.15. The average Bonchev–Trinajstić information content (AvgIpc) is 2.28. The lowest BCUT2D eigenvalue weighted by molar-refractivity contribution is -0.143. The van der Waals surface area contributed by atoms with Crippen molar-refractivity contribution in [3.05, 3.63) is 23.8 Å². The van der Waals surface area contributed by atoms with Crippen molar-refractivity contribution < 1.29 is 19.4 Å². The molecule has 0 unspecified atom stereocenters. The number of ether oxygens (including phenoxy) is 2. The topological polar surface area (TPSA) is 55.8 Å². The van der Waals surface area contributed by atoms with Crippen LogP contribution in [0, 0.1) is 5.41 Å². The van der Waals surface area contributed by atoms with E-state index in [9.17, 15) is 4.79 Å². The predicted molar refractivity (Wildman–Crippen MR) is 64.0 cm³/mol. The van der Waals surface area contributed by atoms with Crippen molar-refractivity contribution in [3.8, 4) is 11.5 Å². The summed E-state index contributed by atoms with van der Waals surface area (Å²) in [6.07, 6.45) is 0. The van der Waals surface area contributed by atoms with Gasteiger partial charge in [0.15, 0.2) is 11.5 Å². The second-order valence-corrected chi connectivity index (χ2v) is 4.78. The summed E-state index contributed by atoms with van der Waals surface area (Å²) in [5.41, 5.74) is 0.137. The predicted octanol–water partition coefficient (Wildman–Crippen LogP) is 2.14. The number of hydrogen-bond donors (Lipinski definition) is 1. The van der Waals surface area contributed by atoms with Crippen LogP contribution in [-0.2, 0) is 11.4 Å². The van der Waals surface area contributed by atoms with Crippen molar-refractivity contribution in [2.45, 2.75) is 27.4 Å². The van der Waals surface area contributed by atoms with E-state index in [1.165, 1.54) is 7.11 Å². The highest BCUT2D eigenvalue weighted by Gasteiger charge is 2.24. The summed E-state index contributed by atoms with van der Waals surface area (Å²) >= 11 is 0. The molecule has 1 aromatic rings. The summed E-state index contributed by atoms with van der Waals surface area (Å²) in [6.45, 7) is 5.27. The van der Waals surface area contributed by atoms with Crippen LogP contribution in [0.2, 0.25) is 0 Å². The summed E-state index contributed by atoms with van der Waals surface area (Å²) in [6, 6.07) is 4.95. The first-order chi connectivity index (χ1) is 7.88. The lowest BCUT2D eigenvalue weighted by Crippen LogP contribution is -2.25. The Kier molecular flexibility index (Phi) is 4.12. The highest BCUT2D eigenvalue weighted by molar-refractivity contribution is 5.78. The Labute approximate surface area is 101 Å². The van der Waals surface area contributed by atoms with Gasteiger partial charge in [0, 0.05) is 0 Å². The summed E-state index contributed by atoms with van der Waals surface area (Å²) in [7, 11) is 1.49. The van der Waals surface area contributed by atoms with Gasteiger partial charge in [-0.15, -0.1) is 0 Å². The molecule has 1 rings (SSSR count). The van der Waals surface area contributed by atoms with E-state index >= 15 is 0 Å². The second kappa shape index (κ2) is 5.19. The Bertz CT molecular complexity index is 404. The molecule has 1 aromatic carbocycles. The van der Waals surface area contributed by atoms with E-state index in [4.69, 9.17) is 14.6 Å². The largest absolute Gasteiger partial charge is 0.493 e. The van der Waals surface area contributed by atoms with Crippen LogP contribution in [0.15, 0.2) is 18.2 Å². The molecule has 0 aliphatic heterocycles. The summed E-state index contributed by atoms with van der Waals surface area (Å²) in [5.74, 6) is 0.478. The van der Waals surface area contributed by atoms with Gasteiger partial charge in [-0.2, -0.15) is 0 Å². The minimum atomic E-state index is -0.569. The molecule has 0 bridgehead atoms. The van der Waals surface area contributed by atoms with Crippen LogP contribution >= 0.6 is 0 Å². The average molecular weight is 238 g/mol. The first-order valence-electron chi connectivity index (χ1n) is 5.38. The van der Waals surface area contributed by atoms with E-state index in [0.29, 0.717) is 17.1 Å². The Morgan fingerprint density at radius 2 is 1.94 bits per heavy atom. The normalized spacial score (nSPS) is 11.1. The van der Waals surface area contributed by atoms with Gasteiger partial charge in [-0.05, 0) is 38.5 Å². The lowest BCUT2D eigenvalue weighted by atomic mass is 9.97. The molecule has 1 N–H and O–H groups in total. The molecule has 17 heavy (non-hydrogen) atoms. The summed E-state index contributed by atoms with van der Waals surface area (Å²) in [5, 5.41) is 9.00. The maximum atomic E-state index is 11.7. The zero-order valence-corrected chi connectivity index (χ0v) is 10.6. The lowest BCUT2D eigenvalue weighted by Gasteiger charge is -2.17. The van der Waals surface area contributed by atoms with Gasteiger partial charge in [-0.3, -0.25) is 4.79 Å². The molecule has 0 saturated heterocycles. The maximum Gasteiger partial charge on any atom is 0.316 e. The SMILES string of the molecule is COc1cc(CO)ccc1OC(=O)C(C)(C)C. The third-order valence-electron chi connectivity index (χ3n) is 2.23. The molecule has 0 aliphatic rings. The standard InChI is InChI=1S/C13H18O4/c1-13(2,3)12(15)17-10-6-5-9(8-14)7-11(10)16-4/h5-7,14H,8H2,1-4H3. The van der Waals surface area contributed by atoms with Gasteiger partial charge in [0.1, 0.15) is 0 Å². The highest BCUT2D eigenvalue weighted by atomic mass is 16.6. The van der Waals surface area contributed by atoms with Gasteiger partial charge in [0.25, 0.3) is 0 Å². The van der Waals surface area contributed by atoms with Crippen LogP contribution in [0.3, 0.4) is 0 Å². The molecule has 0 aromatic heterocycles. The minimum absolute atomic E-state index is 0.0795. The smallest absolute Gasteiger partial charge is 0.316 e. The molecule has 94 valence electrons. The second-order valence-electron chi connectivity index (χ2n) is 4.78. The number of methoxy groups -OCH3 is 1. The molecule has 4 heteroatoms. The minimum Gasteiger partial charge on any atom is -0.493 e. The van der Waals surface area contributed by atoms with E-state index in [-0.39, 0.29) is 12.6 Å². The van der Waals surface area contributed by atoms with E-state index < -0.39 is 5.41 Å². The van der Waals surface area contributed by atoms with Crippen LogP contribution in [0.4, 0.5) is 0 Å². The summed E-state index contributed by atoms with van der Waals surface area (Å²) in [4.78, 5) is 11.7. The fourth-order valence-corrected chi connectivity index (χ4v) is 1.15. The van der Waals surface area contributed by atoms with Gasteiger partial charge in [0.2, 0.25) is 0 Å². The van der Waals surface area contributed by atoms with Crippen molar-refractivity contribution in [3.63, 3.8) is 0 Å². The quantitative estimate of drug-likeness (QED) is 0.647. The maximum absolute atomic E-state index is 11.7. The summed E-state index contributed by atoms with van der Waals surface area (Å²) < 4.78 is 10.4. The number of carbonyl (C=O) groups excluding carboxylic acids is 1. The Morgan fingerprint density at radius 1 is 1.29 bits per heavy atom. The number of esters is 1. The number of aliphatic hydroxyl groups is 1. The van der Waals surface area contributed by atoms with Crippen molar-refractivity contribution in [1.82, 2.24) is 0 Å². The highest BCUT2D eigenvalue weighted by Crippen LogP contribution is 2.30. The Hall–Kier alpha value is -1.55. The van der Waals surface area contributed by atoms with Crippen molar-refractivity contribution >= 4 is 5.97 Å². The zero-order chi connectivity index (χ0) is 13.1. The Balaban J connectivity index is 2.95. The molecule has 0 saturated carbocycles. The molecular weight excluding hydrogens is 220 g/mol. The molecule has 0 amide bonds. The molecule has 0 aliphatic carbocycles. The Morgan fingerprint density at radius 3 is 2.41 bits per heavy atom. The van der Waals surface area contributed by atoms with Crippen LogP contribution in [0.5, 0.6) is 11.5 Å². The van der Waals surface area contributed by atoms with E-state index in [2.05, 4.69) is 0 Å². The molecule has 0 spiro atoms.